The van der Waals surface area contributed by atoms with Crippen molar-refractivity contribution in [2.45, 2.75) is 82.5 Å². The maximum Gasteiger partial charge on any atom is 0.378 e. The molecule has 0 unspecified atom stereocenters. The molecule has 0 aliphatic rings. The van der Waals surface area contributed by atoms with Crippen molar-refractivity contribution in [1.29, 1.82) is 0 Å². The Morgan fingerprint density at radius 3 is 2.11 bits per heavy atom. The van der Waals surface area contributed by atoms with Crippen molar-refractivity contribution in [3.05, 3.63) is 76.7 Å². The lowest BCUT2D eigenvalue weighted by Gasteiger charge is -2.36. The second kappa shape index (κ2) is 14.7. The van der Waals surface area contributed by atoms with Crippen molar-refractivity contribution in [3.8, 4) is 16.9 Å². The monoisotopic (exact) mass is 662 g/mol. The number of carbonyl (C=O) groups is 1. The van der Waals surface area contributed by atoms with Gasteiger partial charge in [-0.05, 0) is 54.2 Å². The van der Waals surface area contributed by atoms with Gasteiger partial charge in [-0.1, -0.05) is 51.5 Å². The van der Waals surface area contributed by atoms with Gasteiger partial charge in [0.1, 0.15) is 11.3 Å². The van der Waals surface area contributed by atoms with Gasteiger partial charge < -0.3 is 13.9 Å². The third-order valence-corrected chi connectivity index (χ3v) is 7.44. The van der Waals surface area contributed by atoms with E-state index in [1.54, 1.807) is 6.07 Å². The van der Waals surface area contributed by atoms with Gasteiger partial charge in [0.25, 0.3) is 0 Å². The maximum absolute atomic E-state index is 14.3. The van der Waals surface area contributed by atoms with E-state index in [1.807, 2.05) is 25.1 Å². The molecule has 0 amide bonds. The van der Waals surface area contributed by atoms with Crippen LogP contribution >= 0.6 is 0 Å². The van der Waals surface area contributed by atoms with Crippen LogP contribution in [-0.4, -0.2) is 42.9 Å². The molecule has 1 aromatic heterocycles. The van der Waals surface area contributed by atoms with Crippen LogP contribution in [0.1, 0.15) is 57.1 Å². The second-order valence-electron chi connectivity index (χ2n) is 10.7. The molecule has 0 N–H and O–H groups in total. The number of aryl methyl sites for hydroxylation is 2. The Kier molecular flexibility index (Phi) is 11.7. The van der Waals surface area contributed by atoms with Crippen LogP contribution in [0.2, 0.25) is 0 Å². The van der Waals surface area contributed by atoms with E-state index < -0.39 is 61.3 Å². The first-order valence-electron chi connectivity index (χ1n) is 14.6. The molecule has 0 saturated heterocycles. The fraction of sp³-hybridized carbons (Fsp3) is 0.455. The summed E-state index contributed by atoms with van der Waals surface area (Å²) in [5, 5.41) is 0.425. The molecule has 0 aliphatic heterocycles. The molecule has 3 rings (SSSR count). The third kappa shape index (κ3) is 7.90. The SMILES string of the molecule is C=CC(=O)OCCC(F)(F)C(F)(F)C(F)(F)C(F)(F)CCOc1ccc2cc(-c3ccc(CCCCC)cc3CC)c(=O)oc2c1. The molecule has 46 heavy (non-hydrogen) atoms. The van der Waals surface area contributed by atoms with Gasteiger partial charge in [0.05, 0.1) is 31.6 Å². The maximum atomic E-state index is 14.3. The zero-order valence-corrected chi connectivity index (χ0v) is 25.3. The van der Waals surface area contributed by atoms with Gasteiger partial charge in [-0.2, -0.15) is 35.1 Å². The summed E-state index contributed by atoms with van der Waals surface area (Å²) in [6, 6.07) is 11.2. The summed E-state index contributed by atoms with van der Waals surface area (Å²) < 4.78 is 128. The fourth-order valence-electron chi connectivity index (χ4n) is 4.72. The molecule has 252 valence electrons. The molecule has 0 spiro atoms. The summed E-state index contributed by atoms with van der Waals surface area (Å²) in [5.74, 6) is -25.8. The van der Waals surface area contributed by atoms with Crippen molar-refractivity contribution in [1.82, 2.24) is 0 Å². The van der Waals surface area contributed by atoms with Crippen LogP contribution in [0.4, 0.5) is 35.1 Å². The van der Waals surface area contributed by atoms with Crippen LogP contribution in [-0.2, 0) is 22.4 Å². The Bertz CT molecular complexity index is 1580. The topological polar surface area (TPSA) is 65.7 Å². The molecule has 0 aliphatic carbocycles. The fourth-order valence-corrected chi connectivity index (χ4v) is 4.72. The largest absolute Gasteiger partial charge is 0.493 e. The second-order valence-corrected chi connectivity index (χ2v) is 10.7. The number of esters is 1. The highest BCUT2D eigenvalue weighted by Crippen LogP contribution is 2.54. The van der Waals surface area contributed by atoms with Crippen LogP contribution < -0.4 is 10.4 Å². The molecule has 1 heterocycles. The van der Waals surface area contributed by atoms with E-state index in [9.17, 15) is 44.7 Å². The minimum atomic E-state index is -6.51. The number of fused-ring (bicyclic) bond motifs is 1. The number of hydrogen-bond acceptors (Lipinski definition) is 5. The van der Waals surface area contributed by atoms with Crippen molar-refractivity contribution in [3.63, 3.8) is 0 Å². The first-order chi connectivity index (χ1) is 21.5. The molecule has 3 aromatic rings. The van der Waals surface area contributed by atoms with Crippen molar-refractivity contribution in [2.75, 3.05) is 13.2 Å². The number of alkyl halides is 8. The molecule has 0 saturated carbocycles. The highest BCUT2D eigenvalue weighted by Gasteiger charge is 2.79. The smallest absolute Gasteiger partial charge is 0.378 e. The van der Waals surface area contributed by atoms with Gasteiger partial charge in [-0.3, -0.25) is 0 Å². The molecular formula is C33H34F8O5. The van der Waals surface area contributed by atoms with E-state index in [-0.39, 0.29) is 16.9 Å². The van der Waals surface area contributed by atoms with Crippen LogP contribution in [0.25, 0.3) is 22.1 Å². The highest BCUT2D eigenvalue weighted by atomic mass is 19.4. The summed E-state index contributed by atoms with van der Waals surface area (Å²) in [7, 11) is 0. The number of rotatable bonds is 17. The Hall–Kier alpha value is -3.90. The van der Waals surface area contributed by atoms with Gasteiger partial charge in [-0.25, -0.2) is 9.59 Å². The number of ether oxygens (including phenoxy) is 2. The lowest BCUT2D eigenvalue weighted by atomic mass is 9.94. The molecule has 2 aromatic carbocycles. The summed E-state index contributed by atoms with van der Waals surface area (Å²) in [5.41, 5.74) is 2.33. The van der Waals surface area contributed by atoms with Gasteiger partial charge in [0.15, 0.2) is 0 Å². The van der Waals surface area contributed by atoms with Gasteiger partial charge >= 0.3 is 35.3 Å². The van der Waals surface area contributed by atoms with E-state index in [1.165, 1.54) is 12.1 Å². The molecule has 5 nitrogen and oxygen atoms in total. The zero-order valence-electron chi connectivity index (χ0n) is 25.3. The molecule has 13 heteroatoms. The Labute approximate surface area is 260 Å². The van der Waals surface area contributed by atoms with E-state index >= 15 is 0 Å². The van der Waals surface area contributed by atoms with E-state index in [0.717, 1.165) is 42.9 Å². The van der Waals surface area contributed by atoms with Gasteiger partial charge in [0.2, 0.25) is 0 Å². The minimum absolute atomic E-state index is 0.0269. The lowest BCUT2D eigenvalue weighted by molar-refractivity contribution is -0.368. The average molecular weight is 663 g/mol. The predicted molar refractivity (Wildman–Crippen MR) is 156 cm³/mol. The van der Waals surface area contributed by atoms with Crippen molar-refractivity contribution in [2.24, 2.45) is 0 Å². The lowest BCUT2D eigenvalue weighted by Crippen LogP contribution is -2.62. The van der Waals surface area contributed by atoms with Crippen LogP contribution in [0.3, 0.4) is 0 Å². The molecule has 0 radical (unpaired) electrons. The average Bonchev–Trinajstić information content (AvgIpc) is 3.00. The highest BCUT2D eigenvalue weighted by molar-refractivity contribution is 5.83. The molecule has 0 fully saturated rings. The van der Waals surface area contributed by atoms with Crippen LogP contribution in [0.15, 0.2) is 64.3 Å². The minimum Gasteiger partial charge on any atom is -0.493 e. The third-order valence-electron chi connectivity index (χ3n) is 7.44. The van der Waals surface area contributed by atoms with Crippen LogP contribution in [0.5, 0.6) is 5.75 Å². The van der Waals surface area contributed by atoms with E-state index in [4.69, 9.17) is 9.15 Å². The zero-order chi connectivity index (χ0) is 34.3. The Morgan fingerprint density at radius 2 is 1.50 bits per heavy atom. The standard InChI is InChI=1S/C33H34F8O5/c1-4-7-8-9-21-10-13-25(22(5-2)18-21)26-19-23-11-12-24(20-27(23)46-29(26)43)44-16-14-30(34,35)32(38,39)33(40,41)31(36,37)15-17-45-28(42)6-3/h6,10-13,18-20H,3-5,7-9,14-17H2,1-2H3. The number of benzene rings is 2. The number of unbranched alkanes of at least 4 members (excludes halogenated alkanes) is 2. The number of hydrogen-bond donors (Lipinski definition) is 0. The molecule has 0 atom stereocenters. The van der Waals surface area contributed by atoms with Crippen molar-refractivity contribution < 1.29 is 53.8 Å². The van der Waals surface area contributed by atoms with Crippen molar-refractivity contribution >= 4 is 16.9 Å². The van der Waals surface area contributed by atoms with E-state index in [2.05, 4.69) is 18.2 Å². The normalized spacial score (nSPS) is 12.7. The Morgan fingerprint density at radius 1 is 0.848 bits per heavy atom. The molecular weight excluding hydrogens is 628 g/mol. The first kappa shape index (κ1) is 36.6. The summed E-state index contributed by atoms with van der Waals surface area (Å²) in [6.45, 7) is 4.29. The van der Waals surface area contributed by atoms with Crippen LogP contribution in [0, 0.1) is 0 Å². The predicted octanol–water partition coefficient (Wildman–Crippen LogP) is 9.18. The van der Waals surface area contributed by atoms with Gasteiger partial charge in [0, 0.05) is 17.5 Å². The van der Waals surface area contributed by atoms with E-state index in [0.29, 0.717) is 23.4 Å². The quantitative estimate of drug-likeness (QED) is 0.0474. The summed E-state index contributed by atoms with van der Waals surface area (Å²) >= 11 is 0. The summed E-state index contributed by atoms with van der Waals surface area (Å²) in [4.78, 5) is 23.8. The number of halogens is 8. The van der Waals surface area contributed by atoms with Gasteiger partial charge in [-0.15, -0.1) is 0 Å². The first-order valence-corrected chi connectivity index (χ1v) is 14.6. The summed E-state index contributed by atoms with van der Waals surface area (Å²) in [6.07, 6.45) is 1.10. The number of carbonyl (C=O) groups excluding carboxylic acids is 1. The Balaban J connectivity index is 1.73. The molecule has 0 bridgehead atoms.